The van der Waals surface area contributed by atoms with Crippen molar-refractivity contribution in [2.75, 3.05) is 12.3 Å². The van der Waals surface area contributed by atoms with Gasteiger partial charge in [0.1, 0.15) is 0 Å². The van der Waals surface area contributed by atoms with Crippen molar-refractivity contribution < 1.29 is 0 Å². The number of hydrogen-bond donors (Lipinski definition) is 2. The van der Waals surface area contributed by atoms with Crippen LogP contribution in [0.5, 0.6) is 0 Å². The van der Waals surface area contributed by atoms with Crippen LogP contribution < -0.4 is 11.1 Å². The SMILES string of the molecule is CC1CCCN1.Nc1ccc(I)cc1. The van der Waals surface area contributed by atoms with Crippen molar-refractivity contribution >= 4 is 28.3 Å². The highest BCUT2D eigenvalue weighted by atomic mass is 127. The molecule has 0 amide bonds. The van der Waals surface area contributed by atoms with Gasteiger partial charge in [0.05, 0.1) is 0 Å². The molecule has 3 heteroatoms. The zero-order valence-electron chi connectivity index (χ0n) is 8.46. The lowest BCUT2D eigenvalue weighted by Gasteiger charge is -1.95. The summed E-state index contributed by atoms with van der Waals surface area (Å²) in [5.41, 5.74) is 6.25. The van der Waals surface area contributed by atoms with E-state index in [0.717, 1.165) is 11.7 Å². The highest BCUT2D eigenvalue weighted by molar-refractivity contribution is 14.1. The van der Waals surface area contributed by atoms with Gasteiger partial charge in [0.25, 0.3) is 0 Å². The van der Waals surface area contributed by atoms with E-state index in [1.54, 1.807) is 0 Å². The van der Waals surface area contributed by atoms with Gasteiger partial charge in [0.15, 0.2) is 0 Å². The standard InChI is InChI=1S/C6H6IN.C5H11N/c7-5-1-3-6(8)4-2-5;1-5-3-2-4-6-5/h1-4H,8H2;5-6H,2-4H2,1H3. The largest absolute Gasteiger partial charge is 0.399 e. The molecule has 2 nitrogen and oxygen atoms in total. The number of halogens is 1. The highest BCUT2D eigenvalue weighted by Gasteiger charge is 2.05. The van der Waals surface area contributed by atoms with Gasteiger partial charge in [0, 0.05) is 15.3 Å². The maximum absolute atomic E-state index is 5.42. The van der Waals surface area contributed by atoms with Crippen LogP contribution in [0.4, 0.5) is 5.69 Å². The molecule has 0 aromatic heterocycles. The van der Waals surface area contributed by atoms with Gasteiger partial charge in [-0.3, -0.25) is 0 Å². The second-order valence-electron chi connectivity index (χ2n) is 3.55. The van der Waals surface area contributed by atoms with Gasteiger partial charge in [0.2, 0.25) is 0 Å². The zero-order chi connectivity index (χ0) is 10.4. The maximum Gasteiger partial charge on any atom is 0.0314 e. The monoisotopic (exact) mass is 304 g/mol. The third kappa shape index (κ3) is 4.81. The van der Waals surface area contributed by atoms with Crippen LogP contribution in [-0.4, -0.2) is 12.6 Å². The second kappa shape index (κ2) is 6.24. The molecular formula is C11H17IN2. The summed E-state index contributed by atoms with van der Waals surface area (Å²) in [6.07, 6.45) is 2.75. The third-order valence-corrected chi connectivity index (χ3v) is 2.90. The number of nitrogens with two attached hydrogens (primary N) is 1. The molecule has 0 radical (unpaired) electrons. The van der Waals surface area contributed by atoms with Gasteiger partial charge in [-0.2, -0.15) is 0 Å². The average Bonchev–Trinajstić information content (AvgIpc) is 2.63. The number of hydrogen-bond acceptors (Lipinski definition) is 2. The fourth-order valence-corrected chi connectivity index (χ4v) is 1.68. The predicted molar refractivity (Wildman–Crippen MR) is 70.3 cm³/mol. The van der Waals surface area contributed by atoms with Crippen molar-refractivity contribution in [1.29, 1.82) is 0 Å². The van der Waals surface area contributed by atoms with E-state index < -0.39 is 0 Å². The first kappa shape index (κ1) is 11.8. The molecule has 1 aromatic rings. The van der Waals surface area contributed by atoms with Crippen molar-refractivity contribution in [3.05, 3.63) is 27.8 Å². The molecule has 1 fully saturated rings. The molecule has 1 aliphatic rings. The second-order valence-corrected chi connectivity index (χ2v) is 4.79. The Morgan fingerprint density at radius 2 is 2.00 bits per heavy atom. The Morgan fingerprint density at radius 1 is 1.36 bits per heavy atom. The summed E-state index contributed by atoms with van der Waals surface area (Å²) in [6.45, 7) is 3.47. The van der Waals surface area contributed by atoms with E-state index in [0.29, 0.717) is 0 Å². The Labute approximate surface area is 99.4 Å². The van der Waals surface area contributed by atoms with E-state index in [4.69, 9.17) is 5.73 Å². The quantitative estimate of drug-likeness (QED) is 0.571. The minimum Gasteiger partial charge on any atom is -0.399 e. The molecule has 1 atom stereocenters. The molecule has 0 saturated carbocycles. The molecule has 78 valence electrons. The first-order valence-electron chi connectivity index (χ1n) is 4.93. The van der Waals surface area contributed by atoms with Crippen molar-refractivity contribution in [2.24, 2.45) is 0 Å². The van der Waals surface area contributed by atoms with Gasteiger partial charge < -0.3 is 11.1 Å². The van der Waals surface area contributed by atoms with Crippen molar-refractivity contribution in [3.63, 3.8) is 0 Å². The first-order valence-corrected chi connectivity index (χ1v) is 6.01. The lowest BCUT2D eigenvalue weighted by Crippen LogP contribution is -2.16. The Balaban J connectivity index is 0.000000146. The normalized spacial score (nSPS) is 20.0. The molecule has 1 saturated heterocycles. The van der Waals surface area contributed by atoms with Crippen LogP contribution in [0.25, 0.3) is 0 Å². The number of anilines is 1. The molecule has 1 heterocycles. The molecule has 0 bridgehead atoms. The van der Waals surface area contributed by atoms with Crippen LogP contribution in [0, 0.1) is 3.57 Å². The summed E-state index contributed by atoms with van der Waals surface area (Å²) < 4.78 is 1.22. The molecule has 1 aromatic carbocycles. The van der Waals surface area contributed by atoms with Gasteiger partial charge >= 0.3 is 0 Å². The van der Waals surface area contributed by atoms with Crippen LogP contribution in [0.1, 0.15) is 19.8 Å². The van der Waals surface area contributed by atoms with Crippen LogP contribution in [-0.2, 0) is 0 Å². The predicted octanol–water partition coefficient (Wildman–Crippen LogP) is 2.63. The van der Waals surface area contributed by atoms with E-state index in [1.165, 1.54) is 23.0 Å². The number of rotatable bonds is 0. The smallest absolute Gasteiger partial charge is 0.0314 e. The molecule has 14 heavy (non-hydrogen) atoms. The Kier molecular flexibility index (Phi) is 5.25. The van der Waals surface area contributed by atoms with E-state index in [2.05, 4.69) is 34.8 Å². The molecule has 0 aliphatic carbocycles. The average molecular weight is 304 g/mol. The summed E-state index contributed by atoms with van der Waals surface area (Å²) in [7, 11) is 0. The molecular weight excluding hydrogens is 287 g/mol. The third-order valence-electron chi connectivity index (χ3n) is 2.18. The summed E-state index contributed by atoms with van der Waals surface area (Å²) >= 11 is 2.24. The summed E-state index contributed by atoms with van der Waals surface area (Å²) in [5.74, 6) is 0. The lowest BCUT2D eigenvalue weighted by atomic mass is 10.3. The van der Waals surface area contributed by atoms with Crippen molar-refractivity contribution in [3.8, 4) is 0 Å². The molecule has 2 rings (SSSR count). The number of benzene rings is 1. The van der Waals surface area contributed by atoms with Crippen molar-refractivity contribution in [2.45, 2.75) is 25.8 Å². The molecule has 0 spiro atoms. The minimum absolute atomic E-state index is 0.796. The summed E-state index contributed by atoms with van der Waals surface area (Å²) in [4.78, 5) is 0. The lowest BCUT2D eigenvalue weighted by molar-refractivity contribution is 0.664. The Hall–Kier alpha value is -0.290. The molecule has 1 aliphatic heterocycles. The molecule has 3 N–H and O–H groups in total. The minimum atomic E-state index is 0.796. The van der Waals surface area contributed by atoms with Crippen LogP contribution >= 0.6 is 22.6 Å². The summed E-state index contributed by atoms with van der Waals surface area (Å²) in [5, 5.41) is 3.32. The number of nitrogen functional groups attached to an aromatic ring is 1. The topological polar surface area (TPSA) is 38.0 Å². The fraction of sp³-hybridized carbons (Fsp3) is 0.455. The van der Waals surface area contributed by atoms with Crippen LogP contribution in [0.3, 0.4) is 0 Å². The van der Waals surface area contributed by atoms with Gasteiger partial charge in [-0.05, 0) is 73.2 Å². The highest BCUT2D eigenvalue weighted by Crippen LogP contribution is 2.06. The van der Waals surface area contributed by atoms with Crippen LogP contribution in [0.2, 0.25) is 0 Å². The fourth-order valence-electron chi connectivity index (χ4n) is 1.32. The first-order chi connectivity index (χ1) is 6.68. The van der Waals surface area contributed by atoms with Gasteiger partial charge in [-0.1, -0.05) is 0 Å². The maximum atomic E-state index is 5.42. The van der Waals surface area contributed by atoms with E-state index in [1.807, 2.05) is 24.3 Å². The van der Waals surface area contributed by atoms with Gasteiger partial charge in [-0.15, -0.1) is 0 Å². The van der Waals surface area contributed by atoms with E-state index >= 15 is 0 Å². The summed E-state index contributed by atoms with van der Waals surface area (Å²) in [6, 6.07) is 8.54. The zero-order valence-corrected chi connectivity index (χ0v) is 10.6. The Morgan fingerprint density at radius 3 is 2.29 bits per heavy atom. The van der Waals surface area contributed by atoms with E-state index in [9.17, 15) is 0 Å². The number of nitrogens with one attached hydrogen (secondary N) is 1. The van der Waals surface area contributed by atoms with Crippen LogP contribution in [0.15, 0.2) is 24.3 Å². The Bertz CT molecular complexity index is 231. The van der Waals surface area contributed by atoms with Gasteiger partial charge in [-0.25, -0.2) is 0 Å². The van der Waals surface area contributed by atoms with E-state index in [-0.39, 0.29) is 0 Å². The molecule has 1 unspecified atom stereocenters. The van der Waals surface area contributed by atoms with Crippen molar-refractivity contribution in [1.82, 2.24) is 5.32 Å².